The minimum absolute atomic E-state index is 0.0878. The highest BCUT2D eigenvalue weighted by molar-refractivity contribution is 7.92. The number of rotatable bonds is 6. The van der Waals surface area contributed by atoms with E-state index >= 15 is 0 Å². The number of sulfonamides is 1. The summed E-state index contributed by atoms with van der Waals surface area (Å²) in [6.45, 7) is 0.0878. The second-order valence-electron chi connectivity index (χ2n) is 5.71. The van der Waals surface area contributed by atoms with E-state index in [9.17, 15) is 18.3 Å². The number of hydrogen-bond donors (Lipinski definition) is 3. The van der Waals surface area contributed by atoms with Crippen LogP contribution in [0, 0.1) is 0 Å². The normalized spacial score (nSPS) is 12.7. The number of nitrogens with zero attached hydrogens (tertiary/aromatic N) is 1. The minimum atomic E-state index is -3.40. The van der Waals surface area contributed by atoms with Gasteiger partial charge in [0.1, 0.15) is 0 Å². The number of carbonyl (C=O) groups excluding carboxylic acids is 1. The number of aliphatic hydroxyl groups excluding tert-OH is 1. The summed E-state index contributed by atoms with van der Waals surface area (Å²) < 4.78 is 25.6. The zero-order valence-corrected chi connectivity index (χ0v) is 15.5. The summed E-state index contributed by atoms with van der Waals surface area (Å²) in [6, 6.07) is 14.0. The van der Waals surface area contributed by atoms with E-state index in [1.165, 1.54) is 0 Å². The SMILES string of the molecule is CS(=O)(=O)Nc1nc2ccc(C(=O)NCC(O)c3ccccc3)cc2s1. The quantitative estimate of drug-likeness (QED) is 0.596. The first-order chi connectivity index (χ1) is 12.3. The number of nitrogens with one attached hydrogen (secondary N) is 2. The number of amides is 1. The van der Waals surface area contributed by atoms with Gasteiger partial charge in [-0.3, -0.25) is 9.52 Å². The zero-order chi connectivity index (χ0) is 18.7. The largest absolute Gasteiger partial charge is 0.387 e. The molecule has 0 saturated carbocycles. The summed E-state index contributed by atoms with van der Waals surface area (Å²) in [5.74, 6) is -0.326. The number of fused-ring (bicyclic) bond motifs is 1. The second kappa shape index (κ2) is 7.40. The van der Waals surface area contributed by atoms with E-state index in [0.717, 1.165) is 23.2 Å². The van der Waals surface area contributed by atoms with Crippen LogP contribution in [0.4, 0.5) is 5.13 Å². The highest BCUT2D eigenvalue weighted by atomic mass is 32.2. The summed E-state index contributed by atoms with van der Waals surface area (Å²) in [7, 11) is -3.40. The van der Waals surface area contributed by atoms with E-state index < -0.39 is 16.1 Å². The average molecular weight is 391 g/mol. The Morgan fingerprint density at radius 1 is 1.23 bits per heavy atom. The third-order valence-corrected chi connectivity index (χ3v) is 5.19. The van der Waals surface area contributed by atoms with E-state index in [1.54, 1.807) is 30.3 Å². The number of thiazole rings is 1. The summed E-state index contributed by atoms with van der Waals surface area (Å²) in [5.41, 5.74) is 1.73. The molecule has 9 heteroatoms. The molecule has 1 unspecified atom stereocenters. The fourth-order valence-electron chi connectivity index (χ4n) is 2.35. The Bertz CT molecular complexity index is 1030. The maximum absolute atomic E-state index is 12.3. The van der Waals surface area contributed by atoms with Gasteiger partial charge < -0.3 is 10.4 Å². The molecule has 26 heavy (non-hydrogen) atoms. The molecule has 0 aliphatic carbocycles. The third kappa shape index (κ3) is 4.57. The van der Waals surface area contributed by atoms with Crippen LogP contribution < -0.4 is 10.0 Å². The standard InChI is InChI=1S/C17H17N3O4S2/c1-26(23,24)20-17-19-13-8-7-12(9-15(13)25-17)16(22)18-10-14(21)11-5-3-2-4-6-11/h2-9,14,21H,10H2,1H3,(H,18,22)(H,19,20). The molecule has 0 aliphatic heterocycles. The molecule has 0 bridgehead atoms. The molecule has 3 aromatic rings. The number of hydrogen-bond acceptors (Lipinski definition) is 6. The number of carbonyl (C=O) groups is 1. The fraction of sp³-hybridized carbons (Fsp3) is 0.176. The van der Waals surface area contributed by atoms with Gasteiger partial charge in [-0.05, 0) is 23.8 Å². The smallest absolute Gasteiger partial charge is 0.251 e. The van der Waals surface area contributed by atoms with Gasteiger partial charge in [0.2, 0.25) is 10.0 Å². The molecule has 0 aliphatic rings. The van der Waals surface area contributed by atoms with Crippen LogP contribution in [-0.4, -0.2) is 37.2 Å². The van der Waals surface area contributed by atoms with Crippen LogP contribution in [0.25, 0.3) is 10.2 Å². The Hall–Kier alpha value is -2.49. The molecule has 1 heterocycles. The minimum Gasteiger partial charge on any atom is -0.387 e. The van der Waals surface area contributed by atoms with E-state index in [-0.39, 0.29) is 17.6 Å². The van der Waals surface area contributed by atoms with Crippen molar-refractivity contribution >= 4 is 42.6 Å². The summed E-state index contributed by atoms with van der Waals surface area (Å²) in [6.07, 6.45) is 0.258. The molecule has 1 aromatic heterocycles. The lowest BCUT2D eigenvalue weighted by atomic mass is 10.1. The van der Waals surface area contributed by atoms with E-state index in [0.29, 0.717) is 15.8 Å². The molecule has 136 valence electrons. The van der Waals surface area contributed by atoms with Gasteiger partial charge >= 0.3 is 0 Å². The highest BCUT2D eigenvalue weighted by Crippen LogP contribution is 2.27. The lowest BCUT2D eigenvalue weighted by Gasteiger charge is -2.12. The van der Waals surface area contributed by atoms with Crippen molar-refractivity contribution in [3.05, 3.63) is 59.7 Å². The Balaban J connectivity index is 1.70. The number of aliphatic hydroxyl groups is 1. The highest BCUT2D eigenvalue weighted by Gasteiger charge is 2.13. The van der Waals surface area contributed by atoms with E-state index in [4.69, 9.17) is 0 Å². The van der Waals surface area contributed by atoms with Gasteiger partial charge in [0.15, 0.2) is 5.13 Å². The topological polar surface area (TPSA) is 108 Å². The van der Waals surface area contributed by atoms with Gasteiger partial charge in [-0.1, -0.05) is 41.7 Å². The first-order valence-electron chi connectivity index (χ1n) is 7.71. The molecule has 1 atom stereocenters. The molecular formula is C17H17N3O4S2. The third-order valence-electron chi connectivity index (χ3n) is 3.56. The van der Waals surface area contributed by atoms with Crippen molar-refractivity contribution in [3.8, 4) is 0 Å². The van der Waals surface area contributed by atoms with E-state index in [1.807, 2.05) is 18.2 Å². The monoisotopic (exact) mass is 391 g/mol. The molecule has 0 spiro atoms. The first kappa shape index (κ1) is 18.3. The van der Waals surface area contributed by atoms with Crippen LogP contribution in [0.1, 0.15) is 22.0 Å². The van der Waals surface area contributed by atoms with Crippen LogP contribution >= 0.6 is 11.3 Å². The Morgan fingerprint density at radius 2 is 1.96 bits per heavy atom. The summed E-state index contributed by atoms with van der Waals surface area (Å²) in [5, 5.41) is 13.1. The zero-order valence-electron chi connectivity index (χ0n) is 13.8. The molecule has 1 amide bonds. The molecule has 0 fully saturated rings. The molecule has 3 N–H and O–H groups in total. The maximum atomic E-state index is 12.3. The lowest BCUT2D eigenvalue weighted by molar-refractivity contribution is 0.0916. The van der Waals surface area contributed by atoms with Gasteiger partial charge in [0.05, 0.1) is 22.6 Å². The van der Waals surface area contributed by atoms with Gasteiger partial charge in [-0.15, -0.1) is 0 Å². The van der Waals surface area contributed by atoms with Crippen molar-refractivity contribution < 1.29 is 18.3 Å². The van der Waals surface area contributed by atoms with Gasteiger partial charge in [-0.2, -0.15) is 0 Å². The van der Waals surface area contributed by atoms with Crippen LogP contribution in [0.2, 0.25) is 0 Å². The molecule has 2 aromatic carbocycles. The van der Waals surface area contributed by atoms with Gasteiger partial charge in [-0.25, -0.2) is 13.4 Å². The Labute approximate surface area is 154 Å². The van der Waals surface area contributed by atoms with Crippen molar-refractivity contribution in [2.45, 2.75) is 6.10 Å². The molecule has 0 radical (unpaired) electrons. The van der Waals surface area contributed by atoms with Crippen LogP contribution in [0.15, 0.2) is 48.5 Å². The predicted octanol–water partition coefficient (Wildman–Crippen LogP) is 2.13. The Morgan fingerprint density at radius 3 is 2.65 bits per heavy atom. The number of anilines is 1. The number of aromatic nitrogens is 1. The molecule has 3 rings (SSSR count). The van der Waals surface area contributed by atoms with Crippen molar-refractivity contribution in [3.63, 3.8) is 0 Å². The van der Waals surface area contributed by atoms with Crippen molar-refractivity contribution in [2.24, 2.45) is 0 Å². The van der Waals surface area contributed by atoms with Crippen LogP contribution in [0.3, 0.4) is 0 Å². The average Bonchev–Trinajstić information content (AvgIpc) is 2.99. The van der Waals surface area contributed by atoms with Crippen LogP contribution in [0.5, 0.6) is 0 Å². The fourth-order valence-corrected chi connectivity index (χ4v) is 4.09. The van der Waals surface area contributed by atoms with Crippen LogP contribution in [-0.2, 0) is 10.0 Å². The summed E-state index contributed by atoms with van der Waals surface area (Å²) >= 11 is 1.15. The van der Waals surface area contributed by atoms with Crippen molar-refractivity contribution in [1.82, 2.24) is 10.3 Å². The molecular weight excluding hydrogens is 374 g/mol. The Kier molecular flexibility index (Phi) is 5.21. The molecule has 7 nitrogen and oxygen atoms in total. The second-order valence-corrected chi connectivity index (χ2v) is 8.49. The maximum Gasteiger partial charge on any atom is 0.251 e. The van der Waals surface area contributed by atoms with Gasteiger partial charge in [0, 0.05) is 12.1 Å². The summed E-state index contributed by atoms with van der Waals surface area (Å²) in [4.78, 5) is 16.5. The predicted molar refractivity (Wildman–Crippen MR) is 102 cm³/mol. The molecule has 0 saturated heterocycles. The van der Waals surface area contributed by atoms with Crippen molar-refractivity contribution in [1.29, 1.82) is 0 Å². The van der Waals surface area contributed by atoms with Crippen molar-refractivity contribution in [2.75, 3.05) is 17.5 Å². The van der Waals surface area contributed by atoms with E-state index in [2.05, 4.69) is 15.0 Å². The number of benzene rings is 2. The van der Waals surface area contributed by atoms with Gasteiger partial charge in [0.25, 0.3) is 5.91 Å². The lowest BCUT2D eigenvalue weighted by Crippen LogP contribution is -2.28. The first-order valence-corrected chi connectivity index (χ1v) is 10.4.